The Labute approximate surface area is 157 Å². The van der Waals surface area contributed by atoms with Crippen LogP contribution in [0.2, 0.25) is 0 Å². The van der Waals surface area contributed by atoms with E-state index in [0.717, 1.165) is 6.07 Å². The SMILES string of the molecule is N#Cc1ccc(C(=O)N/N=C/c2ccc(-c3ccc([N+](=O)[O-])cc3)o2)c(F)c1. The first-order chi connectivity index (χ1) is 13.5. The van der Waals surface area contributed by atoms with E-state index < -0.39 is 16.6 Å². The van der Waals surface area contributed by atoms with Crippen molar-refractivity contribution >= 4 is 17.8 Å². The van der Waals surface area contributed by atoms with E-state index in [0.29, 0.717) is 17.1 Å². The lowest BCUT2D eigenvalue weighted by atomic mass is 10.1. The number of furan rings is 1. The van der Waals surface area contributed by atoms with E-state index in [9.17, 15) is 19.3 Å². The summed E-state index contributed by atoms with van der Waals surface area (Å²) >= 11 is 0. The molecule has 0 unspecified atom stereocenters. The predicted octanol–water partition coefficient (Wildman–Crippen LogP) is 3.63. The van der Waals surface area contributed by atoms with E-state index in [4.69, 9.17) is 9.68 Å². The lowest BCUT2D eigenvalue weighted by Gasteiger charge is -2.01. The first-order valence-electron chi connectivity index (χ1n) is 7.85. The standard InChI is InChI=1S/C19H11FN4O4/c20-17-9-12(10-21)1-7-16(17)19(25)23-22-11-15-6-8-18(28-15)13-2-4-14(5-3-13)24(26)27/h1-9,11H,(H,23,25)/b22-11+. The Balaban J connectivity index is 1.66. The Morgan fingerprint density at radius 3 is 2.61 bits per heavy atom. The Morgan fingerprint density at radius 1 is 1.21 bits per heavy atom. The summed E-state index contributed by atoms with van der Waals surface area (Å²) in [6.07, 6.45) is 1.23. The van der Waals surface area contributed by atoms with Crippen LogP contribution in [0.25, 0.3) is 11.3 Å². The summed E-state index contributed by atoms with van der Waals surface area (Å²) in [4.78, 5) is 22.1. The van der Waals surface area contributed by atoms with Crippen LogP contribution in [-0.4, -0.2) is 17.0 Å². The van der Waals surface area contributed by atoms with Crippen molar-refractivity contribution in [2.75, 3.05) is 0 Å². The van der Waals surface area contributed by atoms with Gasteiger partial charge in [-0.25, -0.2) is 9.82 Å². The van der Waals surface area contributed by atoms with Crippen molar-refractivity contribution in [3.8, 4) is 17.4 Å². The maximum Gasteiger partial charge on any atom is 0.274 e. The number of non-ortho nitro benzene ring substituents is 1. The highest BCUT2D eigenvalue weighted by Gasteiger charge is 2.12. The van der Waals surface area contributed by atoms with Gasteiger partial charge < -0.3 is 4.42 Å². The van der Waals surface area contributed by atoms with Gasteiger partial charge in [0.05, 0.1) is 28.3 Å². The zero-order chi connectivity index (χ0) is 20.1. The van der Waals surface area contributed by atoms with Crippen molar-refractivity contribution in [2.45, 2.75) is 0 Å². The molecule has 0 aliphatic heterocycles. The molecule has 138 valence electrons. The van der Waals surface area contributed by atoms with Gasteiger partial charge in [-0.3, -0.25) is 14.9 Å². The van der Waals surface area contributed by atoms with Crippen LogP contribution in [0.4, 0.5) is 10.1 Å². The monoisotopic (exact) mass is 378 g/mol. The summed E-state index contributed by atoms with van der Waals surface area (Å²) in [6.45, 7) is 0. The number of nitro groups is 1. The van der Waals surface area contributed by atoms with Gasteiger partial charge in [-0.2, -0.15) is 10.4 Å². The number of benzene rings is 2. The summed E-state index contributed by atoms with van der Waals surface area (Å²) in [5.41, 5.74) is 2.62. The van der Waals surface area contributed by atoms with Gasteiger partial charge in [0.1, 0.15) is 17.3 Å². The third-order valence-corrected chi connectivity index (χ3v) is 3.69. The second kappa shape index (κ2) is 7.92. The Hall–Kier alpha value is -4.32. The van der Waals surface area contributed by atoms with Gasteiger partial charge in [-0.05, 0) is 42.5 Å². The first kappa shape index (κ1) is 18.5. The molecule has 3 rings (SSSR count). The van der Waals surface area contributed by atoms with Gasteiger partial charge in [-0.1, -0.05) is 0 Å². The van der Waals surface area contributed by atoms with Crippen LogP contribution in [-0.2, 0) is 0 Å². The molecular formula is C19H11FN4O4. The molecule has 0 saturated carbocycles. The summed E-state index contributed by atoms with van der Waals surface area (Å²) in [7, 11) is 0. The predicted molar refractivity (Wildman–Crippen MR) is 97.0 cm³/mol. The molecule has 0 fully saturated rings. The molecule has 28 heavy (non-hydrogen) atoms. The number of carbonyl (C=O) groups excluding carboxylic acids is 1. The van der Waals surface area contributed by atoms with Crippen LogP contribution in [0, 0.1) is 27.3 Å². The quantitative estimate of drug-likeness (QED) is 0.413. The topological polar surface area (TPSA) is 122 Å². The smallest absolute Gasteiger partial charge is 0.274 e. The van der Waals surface area contributed by atoms with Crippen LogP contribution in [0.5, 0.6) is 0 Å². The molecule has 9 heteroatoms. The second-order valence-electron chi connectivity index (χ2n) is 5.51. The molecule has 1 N–H and O–H groups in total. The maximum absolute atomic E-state index is 13.8. The average molecular weight is 378 g/mol. The van der Waals surface area contributed by atoms with E-state index >= 15 is 0 Å². The lowest BCUT2D eigenvalue weighted by molar-refractivity contribution is -0.384. The Kier molecular flexibility index (Phi) is 5.23. The molecule has 2 aromatic carbocycles. The number of amides is 1. The summed E-state index contributed by atoms with van der Waals surface area (Å²) < 4.78 is 19.3. The van der Waals surface area contributed by atoms with Crippen LogP contribution >= 0.6 is 0 Å². The van der Waals surface area contributed by atoms with E-state index in [1.165, 1.54) is 30.5 Å². The van der Waals surface area contributed by atoms with Crippen molar-refractivity contribution in [1.29, 1.82) is 5.26 Å². The number of nitriles is 1. The fourth-order valence-electron chi connectivity index (χ4n) is 2.31. The van der Waals surface area contributed by atoms with Gasteiger partial charge in [0, 0.05) is 17.7 Å². The lowest BCUT2D eigenvalue weighted by Crippen LogP contribution is -2.19. The number of carbonyl (C=O) groups is 1. The number of hydrogen-bond donors (Lipinski definition) is 1. The van der Waals surface area contributed by atoms with Crippen molar-refractivity contribution in [2.24, 2.45) is 5.10 Å². The Bertz CT molecular complexity index is 1110. The third kappa shape index (κ3) is 4.08. The van der Waals surface area contributed by atoms with Crippen molar-refractivity contribution in [1.82, 2.24) is 5.43 Å². The number of nitrogens with one attached hydrogen (secondary N) is 1. The molecule has 3 aromatic rings. The zero-order valence-electron chi connectivity index (χ0n) is 14.1. The molecule has 0 radical (unpaired) electrons. The highest BCUT2D eigenvalue weighted by molar-refractivity contribution is 5.95. The number of rotatable bonds is 5. The molecule has 8 nitrogen and oxygen atoms in total. The van der Waals surface area contributed by atoms with Crippen molar-refractivity contribution < 1.29 is 18.5 Å². The average Bonchev–Trinajstić information content (AvgIpc) is 3.16. The van der Waals surface area contributed by atoms with Crippen LogP contribution in [0.3, 0.4) is 0 Å². The van der Waals surface area contributed by atoms with E-state index in [2.05, 4.69) is 10.5 Å². The zero-order valence-corrected chi connectivity index (χ0v) is 14.1. The summed E-state index contributed by atoms with van der Waals surface area (Å²) in [5.74, 6) is -0.833. The second-order valence-corrected chi connectivity index (χ2v) is 5.51. The largest absolute Gasteiger partial charge is 0.455 e. The number of nitro benzene ring substituents is 1. The molecule has 0 spiro atoms. The van der Waals surface area contributed by atoms with E-state index in [-0.39, 0.29) is 16.8 Å². The number of hydrogen-bond acceptors (Lipinski definition) is 6. The molecular weight excluding hydrogens is 367 g/mol. The minimum Gasteiger partial charge on any atom is -0.455 e. The number of halogens is 1. The van der Waals surface area contributed by atoms with Crippen molar-refractivity contribution in [3.05, 3.63) is 87.4 Å². The van der Waals surface area contributed by atoms with Crippen LogP contribution in [0.15, 0.2) is 64.1 Å². The van der Waals surface area contributed by atoms with Gasteiger partial charge in [-0.15, -0.1) is 0 Å². The van der Waals surface area contributed by atoms with Gasteiger partial charge in [0.25, 0.3) is 11.6 Å². The van der Waals surface area contributed by atoms with Gasteiger partial charge >= 0.3 is 0 Å². The molecule has 0 aliphatic carbocycles. The number of hydrazone groups is 1. The minimum absolute atomic E-state index is 0.0326. The van der Waals surface area contributed by atoms with Crippen LogP contribution < -0.4 is 5.43 Å². The summed E-state index contributed by atoms with van der Waals surface area (Å²) in [6, 6.07) is 14.3. The molecule has 1 aromatic heterocycles. The molecule has 0 aliphatic rings. The maximum atomic E-state index is 13.8. The minimum atomic E-state index is -0.829. The molecule has 0 saturated heterocycles. The summed E-state index contributed by atoms with van der Waals surface area (Å²) in [5, 5.41) is 23.1. The van der Waals surface area contributed by atoms with E-state index in [1.54, 1.807) is 30.3 Å². The van der Waals surface area contributed by atoms with Crippen molar-refractivity contribution in [3.63, 3.8) is 0 Å². The third-order valence-electron chi connectivity index (χ3n) is 3.69. The Morgan fingerprint density at radius 2 is 1.96 bits per heavy atom. The highest BCUT2D eigenvalue weighted by Crippen LogP contribution is 2.24. The van der Waals surface area contributed by atoms with Gasteiger partial charge in [0.2, 0.25) is 0 Å². The van der Waals surface area contributed by atoms with Crippen LogP contribution in [0.1, 0.15) is 21.7 Å². The molecule has 0 bridgehead atoms. The molecule has 0 atom stereocenters. The fraction of sp³-hybridized carbons (Fsp3) is 0. The fourth-order valence-corrected chi connectivity index (χ4v) is 2.31. The first-order valence-corrected chi connectivity index (χ1v) is 7.85. The molecule has 1 heterocycles. The van der Waals surface area contributed by atoms with E-state index in [1.807, 2.05) is 0 Å². The number of nitrogens with zero attached hydrogens (tertiary/aromatic N) is 3. The normalized spacial score (nSPS) is 10.6. The highest BCUT2D eigenvalue weighted by atomic mass is 19.1. The van der Waals surface area contributed by atoms with Gasteiger partial charge in [0.15, 0.2) is 0 Å². The molecule has 1 amide bonds.